The van der Waals surface area contributed by atoms with Crippen LogP contribution in [0.1, 0.15) is 26.2 Å². The van der Waals surface area contributed by atoms with Crippen molar-refractivity contribution >= 4 is 17.7 Å². The largest absolute Gasteiger partial charge is 0.481 e. The molecule has 0 bridgehead atoms. The number of likely N-dealkylation sites (tertiary alicyclic amines) is 1. The Bertz CT molecular complexity index is 243. The summed E-state index contributed by atoms with van der Waals surface area (Å²) in [5.74, 6) is 1.89. The number of carboxylic acid groups (broad SMARTS) is 1. The lowest BCUT2D eigenvalue weighted by Crippen LogP contribution is -2.46. The molecule has 1 N–H and O–H groups in total. The molecule has 0 amide bonds. The Hall–Kier alpha value is -0.220. The molecule has 2 rings (SSSR count). The van der Waals surface area contributed by atoms with E-state index in [1.807, 2.05) is 18.7 Å². The SMILES string of the molecule is CC1(C(=O)O)CCN(C2CCSC2)CC1. The number of hydrogen-bond donors (Lipinski definition) is 1. The van der Waals surface area contributed by atoms with E-state index >= 15 is 0 Å². The Morgan fingerprint density at radius 1 is 1.47 bits per heavy atom. The molecule has 2 saturated heterocycles. The van der Waals surface area contributed by atoms with Gasteiger partial charge >= 0.3 is 5.97 Å². The summed E-state index contributed by atoms with van der Waals surface area (Å²) < 4.78 is 0. The lowest BCUT2D eigenvalue weighted by atomic mass is 9.80. The zero-order valence-electron chi connectivity index (χ0n) is 9.24. The lowest BCUT2D eigenvalue weighted by molar-refractivity contribution is -0.151. The average molecular weight is 229 g/mol. The standard InChI is InChI=1S/C11H19NO2S/c1-11(10(13)14)3-5-12(6-4-11)9-2-7-15-8-9/h9H,2-8H2,1H3,(H,13,14). The van der Waals surface area contributed by atoms with Crippen molar-refractivity contribution in [1.82, 2.24) is 4.90 Å². The monoisotopic (exact) mass is 229 g/mol. The van der Waals surface area contributed by atoms with Crippen molar-refractivity contribution in [3.63, 3.8) is 0 Å². The number of piperidine rings is 1. The predicted octanol–water partition coefficient (Wildman–Crippen LogP) is 1.68. The maximum Gasteiger partial charge on any atom is 0.309 e. The summed E-state index contributed by atoms with van der Waals surface area (Å²) in [6.07, 6.45) is 2.90. The number of nitrogens with zero attached hydrogens (tertiary/aromatic N) is 1. The van der Waals surface area contributed by atoms with Gasteiger partial charge < -0.3 is 5.11 Å². The van der Waals surface area contributed by atoms with Crippen LogP contribution >= 0.6 is 11.8 Å². The highest BCUT2D eigenvalue weighted by Gasteiger charge is 2.38. The Balaban J connectivity index is 1.88. The first-order valence-corrected chi connectivity index (χ1v) is 6.82. The maximum absolute atomic E-state index is 11.1. The van der Waals surface area contributed by atoms with E-state index in [0.29, 0.717) is 6.04 Å². The van der Waals surface area contributed by atoms with Gasteiger partial charge in [-0.3, -0.25) is 9.69 Å². The molecular formula is C11H19NO2S. The first-order chi connectivity index (χ1) is 7.12. The van der Waals surface area contributed by atoms with Crippen LogP contribution in [-0.2, 0) is 4.79 Å². The summed E-state index contributed by atoms with van der Waals surface area (Å²) in [6, 6.07) is 0.716. The zero-order chi connectivity index (χ0) is 10.9. The van der Waals surface area contributed by atoms with Crippen molar-refractivity contribution in [2.24, 2.45) is 5.41 Å². The smallest absolute Gasteiger partial charge is 0.309 e. The van der Waals surface area contributed by atoms with Gasteiger partial charge in [-0.1, -0.05) is 0 Å². The van der Waals surface area contributed by atoms with Crippen LogP contribution in [0.15, 0.2) is 0 Å². The molecule has 0 saturated carbocycles. The molecule has 1 unspecified atom stereocenters. The molecule has 0 aromatic rings. The summed E-state index contributed by atoms with van der Waals surface area (Å²) in [6.45, 7) is 3.82. The fraction of sp³-hybridized carbons (Fsp3) is 0.909. The molecule has 86 valence electrons. The molecule has 0 spiro atoms. The highest BCUT2D eigenvalue weighted by molar-refractivity contribution is 7.99. The Kier molecular flexibility index (Phi) is 3.26. The number of aliphatic carboxylic acids is 1. The summed E-state index contributed by atoms with van der Waals surface area (Å²) >= 11 is 2.02. The third-order valence-corrected chi connectivity index (χ3v) is 4.98. The molecule has 3 nitrogen and oxygen atoms in total. The predicted molar refractivity (Wildman–Crippen MR) is 62.3 cm³/mol. The van der Waals surface area contributed by atoms with Gasteiger partial charge in [-0.25, -0.2) is 0 Å². The van der Waals surface area contributed by atoms with E-state index < -0.39 is 11.4 Å². The van der Waals surface area contributed by atoms with Gasteiger partial charge in [-0.05, 0) is 45.0 Å². The van der Waals surface area contributed by atoms with E-state index in [1.165, 1.54) is 17.9 Å². The van der Waals surface area contributed by atoms with Gasteiger partial charge in [-0.2, -0.15) is 11.8 Å². The van der Waals surface area contributed by atoms with Gasteiger partial charge in [0.05, 0.1) is 5.41 Å². The molecule has 0 radical (unpaired) electrons. The highest BCUT2D eigenvalue weighted by Crippen LogP contribution is 2.34. The normalized spacial score (nSPS) is 31.7. The molecule has 0 aromatic heterocycles. The fourth-order valence-corrected chi connectivity index (χ4v) is 3.66. The third-order valence-electron chi connectivity index (χ3n) is 3.84. The molecular weight excluding hydrogens is 210 g/mol. The molecule has 2 fully saturated rings. The molecule has 2 heterocycles. The summed E-state index contributed by atoms with van der Waals surface area (Å²) in [5, 5.41) is 9.13. The number of carboxylic acids is 1. The van der Waals surface area contributed by atoms with E-state index in [9.17, 15) is 4.79 Å². The summed E-state index contributed by atoms with van der Waals surface area (Å²) in [7, 11) is 0. The van der Waals surface area contributed by atoms with Crippen molar-refractivity contribution in [3.05, 3.63) is 0 Å². The number of rotatable bonds is 2. The van der Waals surface area contributed by atoms with Crippen LogP contribution < -0.4 is 0 Å². The minimum absolute atomic E-state index is 0.470. The number of hydrogen-bond acceptors (Lipinski definition) is 3. The lowest BCUT2D eigenvalue weighted by Gasteiger charge is -2.39. The van der Waals surface area contributed by atoms with Gasteiger partial charge in [0.2, 0.25) is 0 Å². The zero-order valence-corrected chi connectivity index (χ0v) is 10.1. The van der Waals surface area contributed by atoms with Crippen LogP contribution in [0.3, 0.4) is 0 Å². The van der Waals surface area contributed by atoms with E-state index in [0.717, 1.165) is 25.9 Å². The first-order valence-electron chi connectivity index (χ1n) is 5.67. The van der Waals surface area contributed by atoms with Crippen LogP contribution in [0.4, 0.5) is 0 Å². The van der Waals surface area contributed by atoms with Crippen molar-refractivity contribution in [1.29, 1.82) is 0 Å². The van der Waals surface area contributed by atoms with Crippen molar-refractivity contribution < 1.29 is 9.90 Å². The minimum Gasteiger partial charge on any atom is -0.481 e. The minimum atomic E-state index is -0.622. The van der Waals surface area contributed by atoms with Crippen LogP contribution in [0.2, 0.25) is 0 Å². The third kappa shape index (κ3) is 2.31. The van der Waals surface area contributed by atoms with Crippen LogP contribution in [-0.4, -0.2) is 46.6 Å². The van der Waals surface area contributed by atoms with Crippen LogP contribution in [0, 0.1) is 5.41 Å². The topological polar surface area (TPSA) is 40.5 Å². The van der Waals surface area contributed by atoms with Crippen LogP contribution in [0.5, 0.6) is 0 Å². The van der Waals surface area contributed by atoms with Gasteiger partial charge in [0.25, 0.3) is 0 Å². The second-order valence-corrected chi connectivity index (χ2v) is 6.07. The highest BCUT2D eigenvalue weighted by atomic mass is 32.2. The fourth-order valence-electron chi connectivity index (χ4n) is 2.41. The first kappa shape index (κ1) is 11.3. The summed E-state index contributed by atoms with van der Waals surface area (Å²) in [4.78, 5) is 13.6. The Morgan fingerprint density at radius 3 is 2.60 bits per heavy atom. The van der Waals surface area contributed by atoms with E-state index in [2.05, 4.69) is 4.90 Å². The number of thioether (sulfide) groups is 1. The van der Waals surface area contributed by atoms with Gasteiger partial charge in [-0.15, -0.1) is 0 Å². The van der Waals surface area contributed by atoms with Crippen molar-refractivity contribution in [2.45, 2.75) is 32.2 Å². The average Bonchev–Trinajstić information content (AvgIpc) is 2.72. The molecule has 0 aliphatic carbocycles. The van der Waals surface area contributed by atoms with E-state index in [4.69, 9.17) is 5.11 Å². The molecule has 2 aliphatic heterocycles. The van der Waals surface area contributed by atoms with E-state index in [1.54, 1.807) is 0 Å². The molecule has 4 heteroatoms. The van der Waals surface area contributed by atoms with Crippen LogP contribution in [0.25, 0.3) is 0 Å². The second kappa shape index (κ2) is 4.34. The van der Waals surface area contributed by atoms with Gasteiger partial charge in [0.1, 0.15) is 0 Å². The Morgan fingerprint density at radius 2 is 2.13 bits per heavy atom. The number of carbonyl (C=O) groups is 1. The van der Waals surface area contributed by atoms with Crippen molar-refractivity contribution in [2.75, 3.05) is 24.6 Å². The summed E-state index contributed by atoms with van der Waals surface area (Å²) in [5.41, 5.74) is -0.470. The molecule has 15 heavy (non-hydrogen) atoms. The second-order valence-electron chi connectivity index (χ2n) is 4.92. The molecule has 1 atom stereocenters. The van der Waals surface area contributed by atoms with Gasteiger partial charge in [0.15, 0.2) is 0 Å². The maximum atomic E-state index is 11.1. The van der Waals surface area contributed by atoms with Crippen molar-refractivity contribution in [3.8, 4) is 0 Å². The molecule has 0 aromatic carbocycles. The molecule has 2 aliphatic rings. The van der Waals surface area contributed by atoms with E-state index in [-0.39, 0.29) is 0 Å². The van der Waals surface area contributed by atoms with Gasteiger partial charge in [0, 0.05) is 11.8 Å². The quantitative estimate of drug-likeness (QED) is 0.782. The Labute approximate surface area is 95.2 Å².